The molecule has 0 spiro atoms. The quantitative estimate of drug-likeness (QED) is 0.767. The summed E-state index contributed by atoms with van der Waals surface area (Å²) in [4.78, 5) is 14.7. The van der Waals surface area contributed by atoms with Crippen LogP contribution in [0.1, 0.15) is 5.56 Å². The van der Waals surface area contributed by atoms with Crippen LogP contribution in [0.3, 0.4) is 0 Å². The molecule has 1 N–H and O–H groups in total. The molecule has 0 atom stereocenters. The van der Waals surface area contributed by atoms with E-state index in [0.29, 0.717) is 17.1 Å². The molecule has 3 aromatic rings. The molecule has 0 aliphatic heterocycles. The van der Waals surface area contributed by atoms with E-state index in [1.807, 2.05) is 0 Å². The highest BCUT2D eigenvalue weighted by Gasteiger charge is 2.07. The van der Waals surface area contributed by atoms with E-state index in [1.165, 1.54) is 12.1 Å². The molecule has 0 fully saturated rings. The third kappa shape index (κ3) is 2.27. The molecule has 0 radical (unpaired) electrons. The molecule has 0 unspecified atom stereocenters. The Labute approximate surface area is 113 Å². The average molecular weight is 277 g/mol. The lowest BCUT2D eigenvalue weighted by atomic mass is 10.2. The minimum absolute atomic E-state index is 0.207. The van der Waals surface area contributed by atoms with E-state index in [4.69, 9.17) is 11.6 Å². The smallest absolute Gasteiger partial charge is 0.305 e. The number of nitrogens with zero attached hydrogens (tertiary/aromatic N) is 1. The Hall–Kier alpha value is -2.07. The van der Waals surface area contributed by atoms with Gasteiger partial charge in [-0.2, -0.15) is 0 Å². The van der Waals surface area contributed by atoms with Gasteiger partial charge in [0.15, 0.2) is 0 Å². The van der Waals surface area contributed by atoms with Gasteiger partial charge < -0.3 is 4.98 Å². The van der Waals surface area contributed by atoms with Crippen molar-refractivity contribution in [1.29, 1.82) is 0 Å². The number of benzene rings is 2. The number of nitrogens with one attached hydrogen (secondary N) is 1. The Morgan fingerprint density at radius 2 is 1.89 bits per heavy atom. The van der Waals surface area contributed by atoms with E-state index >= 15 is 0 Å². The Morgan fingerprint density at radius 3 is 2.63 bits per heavy atom. The van der Waals surface area contributed by atoms with Crippen molar-refractivity contribution in [2.75, 3.05) is 0 Å². The van der Waals surface area contributed by atoms with Crippen LogP contribution in [0.4, 0.5) is 4.39 Å². The van der Waals surface area contributed by atoms with Gasteiger partial charge in [0, 0.05) is 5.02 Å². The summed E-state index contributed by atoms with van der Waals surface area (Å²) in [5, 5.41) is 0.572. The molecule has 19 heavy (non-hydrogen) atoms. The molecule has 0 saturated carbocycles. The summed E-state index contributed by atoms with van der Waals surface area (Å²) in [6.07, 6.45) is 0. The van der Waals surface area contributed by atoms with Gasteiger partial charge in [0.1, 0.15) is 5.82 Å². The second kappa shape index (κ2) is 4.55. The number of halogens is 2. The largest absolute Gasteiger partial charge is 0.326 e. The van der Waals surface area contributed by atoms with Crippen molar-refractivity contribution in [2.24, 2.45) is 0 Å². The van der Waals surface area contributed by atoms with Gasteiger partial charge >= 0.3 is 5.69 Å². The van der Waals surface area contributed by atoms with E-state index in [0.717, 1.165) is 11.1 Å². The molecule has 2 aromatic carbocycles. The summed E-state index contributed by atoms with van der Waals surface area (Å²) in [5.41, 5.74) is 2.12. The monoisotopic (exact) mass is 276 g/mol. The molecule has 0 aliphatic rings. The Kier molecular flexibility index (Phi) is 2.87. The van der Waals surface area contributed by atoms with E-state index in [1.54, 1.807) is 34.9 Å². The zero-order valence-electron chi connectivity index (χ0n) is 9.86. The lowest BCUT2D eigenvalue weighted by molar-refractivity contribution is 0.626. The summed E-state index contributed by atoms with van der Waals surface area (Å²) in [5.74, 6) is -0.290. The van der Waals surface area contributed by atoms with Gasteiger partial charge in [-0.25, -0.2) is 9.18 Å². The third-order valence-electron chi connectivity index (χ3n) is 2.99. The van der Waals surface area contributed by atoms with Crippen LogP contribution in [0.2, 0.25) is 5.02 Å². The SMILES string of the molecule is O=c1[nH]c2cc(Cl)ccc2n1Cc1ccc(F)cc1. The van der Waals surface area contributed by atoms with E-state index in [2.05, 4.69) is 4.98 Å². The van der Waals surface area contributed by atoms with Gasteiger partial charge in [0.2, 0.25) is 0 Å². The summed E-state index contributed by atoms with van der Waals surface area (Å²) < 4.78 is 14.4. The van der Waals surface area contributed by atoms with Crippen LogP contribution < -0.4 is 5.69 Å². The first kappa shape index (κ1) is 12.0. The first-order chi connectivity index (χ1) is 9.13. The van der Waals surface area contributed by atoms with Crippen LogP contribution in [-0.4, -0.2) is 9.55 Å². The Balaban J connectivity index is 2.07. The van der Waals surface area contributed by atoms with Crippen LogP contribution in [-0.2, 0) is 6.54 Å². The van der Waals surface area contributed by atoms with Crippen LogP contribution in [0.25, 0.3) is 11.0 Å². The predicted molar refractivity (Wildman–Crippen MR) is 73.1 cm³/mol. The van der Waals surface area contributed by atoms with Crippen LogP contribution in [0.15, 0.2) is 47.3 Å². The maximum atomic E-state index is 12.9. The van der Waals surface area contributed by atoms with Crippen LogP contribution in [0.5, 0.6) is 0 Å². The summed E-state index contributed by atoms with van der Waals surface area (Å²) in [6.45, 7) is 0.390. The minimum atomic E-state index is -0.290. The fraction of sp³-hybridized carbons (Fsp3) is 0.0714. The van der Waals surface area contributed by atoms with Gasteiger partial charge in [-0.1, -0.05) is 23.7 Å². The fourth-order valence-corrected chi connectivity index (χ4v) is 2.24. The zero-order chi connectivity index (χ0) is 13.4. The Morgan fingerprint density at radius 1 is 1.16 bits per heavy atom. The third-order valence-corrected chi connectivity index (χ3v) is 3.23. The predicted octanol–water partition coefficient (Wildman–Crippen LogP) is 3.17. The molecule has 96 valence electrons. The number of rotatable bonds is 2. The first-order valence-corrected chi connectivity index (χ1v) is 6.14. The van der Waals surface area contributed by atoms with Crippen molar-refractivity contribution < 1.29 is 4.39 Å². The normalized spacial score (nSPS) is 11.1. The maximum absolute atomic E-state index is 12.9. The van der Waals surface area contributed by atoms with Gasteiger partial charge in [-0.05, 0) is 35.9 Å². The number of aromatic nitrogens is 2. The molecular weight excluding hydrogens is 267 g/mol. The minimum Gasteiger partial charge on any atom is -0.305 e. The van der Waals surface area contributed by atoms with E-state index < -0.39 is 0 Å². The molecular formula is C14H10ClFN2O. The van der Waals surface area contributed by atoms with E-state index in [-0.39, 0.29) is 11.5 Å². The molecule has 5 heteroatoms. The van der Waals surface area contributed by atoms with Gasteiger partial charge in [-0.15, -0.1) is 0 Å². The number of hydrogen-bond acceptors (Lipinski definition) is 1. The number of aromatic amines is 1. The van der Waals surface area contributed by atoms with Crippen molar-refractivity contribution in [3.63, 3.8) is 0 Å². The highest BCUT2D eigenvalue weighted by atomic mass is 35.5. The molecule has 1 aromatic heterocycles. The van der Waals surface area contributed by atoms with Gasteiger partial charge in [0.25, 0.3) is 0 Å². The number of hydrogen-bond donors (Lipinski definition) is 1. The molecule has 1 heterocycles. The second-order valence-corrected chi connectivity index (χ2v) is 4.74. The topological polar surface area (TPSA) is 37.8 Å². The summed E-state index contributed by atoms with van der Waals surface area (Å²) in [6, 6.07) is 11.3. The summed E-state index contributed by atoms with van der Waals surface area (Å²) >= 11 is 5.88. The van der Waals surface area contributed by atoms with Gasteiger partial charge in [0.05, 0.1) is 17.6 Å². The lowest BCUT2D eigenvalue weighted by Crippen LogP contribution is -2.17. The molecule has 3 nitrogen and oxygen atoms in total. The Bertz CT molecular complexity index is 789. The highest BCUT2D eigenvalue weighted by Crippen LogP contribution is 2.17. The van der Waals surface area contributed by atoms with Gasteiger partial charge in [-0.3, -0.25) is 4.57 Å². The first-order valence-electron chi connectivity index (χ1n) is 5.76. The van der Waals surface area contributed by atoms with Crippen LogP contribution >= 0.6 is 11.6 Å². The number of imidazole rings is 1. The maximum Gasteiger partial charge on any atom is 0.326 e. The highest BCUT2D eigenvalue weighted by molar-refractivity contribution is 6.31. The van der Waals surface area contributed by atoms with Crippen LogP contribution in [0, 0.1) is 5.82 Å². The van der Waals surface area contributed by atoms with Crippen molar-refractivity contribution >= 4 is 22.6 Å². The number of fused-ring (bicyclic) bond motifs is 1. The molecule has 3 rings (SSSR count). The fourth-order valence-electron chi connectivity index (χ4n) is 2.07. The second-order valence-electron chi connectivity index (χ2n) is 4.30. The molecule has 0 bridgehead atoms. The van der Waals surface area contributed by atoms with Crippen molar-refractivity contribution in [1.82, 2.24) is 9.55 Å². The molecule has 0 amide bonds. The average Bonchev–Trinajstić information content (AvgIpc) is 2.68. The van der Waals surface area contributed by atoms with Crippen molar-refractivity contribution in [3.8, 4) is 0 Å². The standard InChI is InChI=1S/C14H10ClFN2O/c15-10-3-6-13-12(7-10)17-14(19)18(13)8-9-1-4-11(16)5-2-9/h1-7H,8H2,(H,17,19). The van der Waals surface area contributed by atoms with Crippen molar-refractivity contribution in [2.45, 2.75) is 6.54 Å². The zero-order valence-corrected chi connectivity index (χ0v) is 10.6. The molecule has 0 aliphatic carbocycles. The van der Waals surface area contributed by atoms with Crippen molar-refractivity contribution in [3.05, 3.63) is 69.4 Å². The number of H-pyrrole nitrogens is 1. The van der Waals surface area contributed by atoms with E-state index in [9.17, 15) is 9.18 Å². The lowest BCUT2D eigenvalue weighted by Gasteiger charge is -2.03. The molecule has 0 saturated heterocycles. The summed E-state index contributed by atoms with van der Waals surface area (Å²) in [7, 11) is 0.